The summed E-state index contributed by atoms with van der Waals surface area (Å²) in [6.45, 7) is 5.85. The second kappa shape index (κ2) is 7.47. The summed E-state index contributed by atoms with van der Waals surface area (Å²) in [6, 6.07) is 10.6. The van der Waals surface area contributed by atoms with Gasteiger partial charge in [-0.25, -0.2) is 4.98 Å². The molecule has 1 N–H and O–H groups in total. The Hall–Kier alpha value is -2.69. The van der Waals surface area contributed by atoms with E-state index in [0.29, 0.717) is 16.9 Å². The predicted octanol–water partition coefficient (Wildman–Crippen LogP) is 3.77. The Morgan fingerprint density at radius 2 is 1.92 bits per heavy atom. The smallest absolute Gasteiger partial charge is 0.274 e. The highest BCUT2D eigenvalue weighted by atomic mass is 16.2. The zero-order valence-corrected chi connectivity index (χ0v) is 14.7. The van der Waals surface area contributed by atoms with Crippen molar-refractivity contribution in [2.45, 2.75) is 26.7 Å². The third-order valence-corrected chi connectivity index (χ3v) is 4.66. The van der Waals surface area contributed by atoms with Gasteiger partial charge < -0.3 is 10.2 Å². The second-order valence-electron chi connectivity index (χ2n) is 6.66. The highest BCUT2D eigenvalue weighted by molar-refractivity contribution is 6.04. The number of amides is 1. The van der Waals surface area contributed by atoms with Crippen LogP contribution in [0.25, 0.3) is 0 Å². The Morgan fingerprint density at radius 3 is 2.56 bits per heavy atom. The summed E-state index contributed by atoms with van der Waals surface area (Å²) in [7, 11) is 0. The van der Waals surface area contributed by atoms with Crippen LogP contribution in [0, 0.1) is 5.92 Å². The first-order valence-corrected chi connectivity index (χ1v) is 8.66. The lowest BCUT2D eigenvalue weighted by molar-refractivity contribution is 0.100. The molecule has 0 atom stereocenters. The topological polar surface area (TPSA) is 62.3 Å². The van der Waals surface area contributed by atoms with Crippen LogP contribution in [-0.2, 0) is 0 Å². The van der Waals surface area contributed by atoms with E-state index in [0.717, 1.165) is 24.7 Å². The zero-order valence-electron chi connectivity index (χ0n) is 14.7. The molecule has 0 unspecified atom stereocenters. The van der Waals surface area contributed by atoms with Gasteiger partial charge in [0.2, 0.25) is 0 Å². The van der Waals surface area contributed by atoms with E-state index in [9.17, 15) is 9.59 Å². The molecule has 130 valence electrons. The molecular formula is C20H23N3O2. The molecule has 25 heavy (non-hydrogen) atoms. The maximum absolute atomic E-state index is 12.4. The van der Waals surface area contributed by atoms with Crippen LogP contribution < -0.4 is 10.2 Å². The Morgan fingerprint density at radius 1 is 1.16 bits per heavy atom. The van der Waals surface area contributed by atoms with Crippen LogP contribution in [0.3, 0.4) is 0 Å². The van der Waals surface area contributed by atoms with Gasteiger partial charge in [-0.1, -0.05) is 19.1 Å². The van der Waals surface area contributed by atoms with Crippen molar-refractivity contribution >= 4 is 23.1 Å². The predicted molar refractivity (Wildman–Crippen MR) is 99.2 cm³/mol. The average Bonchev–Trinajstić information content (AvgIpc) is 2.63. The van der Waals surface area contributed by atoms with Crippen LogP contribution in [0.1, 0.15) is 47.5 Å². The molecule has 2 heterocycles. The number of hydrogen-bond donors (Lipinski definition) is 1. The van der Waals surface area contributed by atoms with Gasteiger partial charge in [0.25, 0.3) is 5.91 Å². The first-order valence-electron chi connectivity index (χ1n) is 8.66. The summed E-state index contributed by atoms with van der Waals surface area (Å²) < 4.78 is 0. The number of carbonyl (C=O) groups excluding carboxylic acids is 2. The van der Waals surface area contributed by atoms with E-state index in [-0.39, 0.29) is 11.7 Å². The molecule has 0 spiro atoms. The molecular weight excluding hydrogens is 314 g/mol. The lowest BCUT2D eigenvalue weighted by Gasteiger charge is -2.31. The fourth-order valence-electron chi connectivity index (χ4n) is 2.99. The van der Waals surface area contributed by atoms with Crippen LogP contribution >= 0.6 is 0 Å². The fourth-order valence-corrected chi connectivity index (χ4v) is 2.99. The SMILES string of the molecule is CC(=O)c1cccc(NC(=O)c2ccc(N3CCC(C)CC3)cn2)c1. The third-order valence-electron chi connectivity index (χ3n) is 4.66. The van der Waals surface area contributed by atoms with Crippen molar-refractivity contribution in [1.82, 2.24) is 4.98 Å². The Kier molecular flexibility index (Phi) is 5.12. The maximum atomic E-state index is 12.4. The van der Waals surface area contributed by atoms with E-state index in [4.69, 9.17) is 0 Å². The van der Waals surface area contributed by atoms with E-state index < -0.39 is 0 Å². The minimum atomic E-state index is -0.278. The van der Waals surface area contributed by atoms with Crippen molar-refractivity contribution in [3.05, 3.63) is 53.9 Å². The molecule has 0 radical (unpaired) electrons. The Labute approximate surface area is 148 Å². The van der Waals surface area contributed by atoms with Gasteiger partial charge in [-0.2, -0.15) is 0 Å². The molecule has 0 saturated carbocycles. The number of Topliss-reactive ketones (excluding diaryl/α,β-unsaturated/α-hetero) is 1. The largest absolute Gasteiger partial charge is 0.370 e. The van der Waals surface area contributed by atoms with Gasteiger partial charge in [0, 0.05) is 24.3 Å². The highest BCUT2D eigenvalue weighted by Crippen LogP contribution is 2.22. The van der Waals surface area contributed by atoms with Crippen molar-refractivity contribution in [3.63, 3.8) is 0 Å². The Balaban J connectivity index is 1.66. The molecule has 3 rings (SSSR count). The standard InChI is InChI=1S/C20H23N3O2/c1-14-8-10-23(11-9-14)18-6-7-19(21-13-18)20(25)22-17-5-3-4-16(12-17)15(2)24/h3-7,12-14H,8-11H2,1-2H3,(H,22,25). The second-order valence-corrected chi connectivity index (χ2v) is 6.66. The van der Waals surface area contributed by atoms with E-state index in [1.165, 1.54) is 19.8 Å². The zero-order chi connectivity index (χ0) is 17.8. The first kappa shape index (κ1) is 17.1. The third kappa shape index (κ3) is 4.24. The molecule has 5 heteroatoms. The highest BCUT2D eigenvalue weighted by Gasteiger charge is 2.17. The molecule has 1 saturated heterocycles. The lowest BCUT2D eigenvalue weighted by Crippen LogP contribution is -2.32. The molecule has 1 aromatic heterocycles. The molecule has 1 amide bonds. The summed E-state index contributed by atoms with van der Waals surface area (Å²) in [5, 5.41) is 2.79. The number of anilines is 2. The van der Waals surface area contributed by atoms with Crippen LogP contribution in [-0.4, -0.2) is 29.8 Å². The van der Waals surface area contributed by atoms with Crippen LogP contribution in [0.4, 0.5) is 11.4 Å². The number of nitrogens with one attached hydrogen (secondary N) is 1. The molecule has 1 aliphatic rings. The number of rotatable bonds is 4. The first-order chi connectivity index (χ1) is 12.0. The van der Waals surface area contributed by atoms with Crippen LogP contribution in [0.2, 0.25) is 0 Å². The summed E-state index contributed by atoms with van der Waals surface area (Å²) in [4.78, 5) is 30.4. The Bertz CT molecular complexity index is 763. The number of pyridine rings is 1. The van der Waals surface area contributed by atoms with Gasteiger partial charge in [-0.05, 0) is 49.9 Å². The van der Waals surface area contributed by atoms with Crippen molar-refractivity contribution in [2.75, 3.05) is 23.3 Å². The van der Waals surface area contributed by atoms with Crippen molar-refractivity contribution in [2.24, 2.45) is 5.92 Å². The summed E-state index contributed by atoms with van der Waals surface area (Å²) in [6.07, 6.45) is 4.14. The molecule has 1 aliphatic heterocycles. The van der Waals surface area contributed by atoms with Gasteiger partial charge in [0.1, 0.15) is 5.69 Å². The average molecular weight is 337 g/mol. The number of ketones is 1. The summed E-state index contributed by atoms with van der Waals surface area (Å²) in [5.74, 6) is 0.467. The van der Waals surface area contributed by atoms with Gasteiger partial charge >= 0.3 is 0 Å². The monoisotopic (exact) mass is 337 g/mol. The molecule has 2 aromatic rings. The molecule has 1 aromatic carbocycles. The molecule has 1 fully saturated rings. The molecule has 5 nitrogen and oxygen atoms in total. The normalized spacial score (nSPS) is 15.0. The number of nitrogens with zero attached hydrogens (tertiary/aromatic N) is 2. The molecule has 0 bridgehead atoms. The molecule has 0 aliphatic carbocycles. The minimum absolute atomic E-state index is 0.0329. The van der Waals surface area contributed by atoms with E-state index >= 15 is 0 Å². The maximum Gasteiger partial charge on any atom is 0.274 e. The van der Waals surface area contributed by atoms with Crippen molar-refractivity contribution in [3.8, 4) is 0 Å². The van der Waals surface area contributed by atoms with Gasteiger partial charge in [0.05, 0.1) is 11.9 Å². The van der Waals surface area contributed by atoms with E-state index in [2.05, 4.69) is 22.1 Å². The van der Waals surface area contributed by atoms with Gasteiger partial charge in [-0.15, -0.1) is 0 Å². The van der Waals surface area contributed by atoms with Gasteiger partial charge in [-0.3, -0.25) is 9.59 Å². The van der Waals surface area contributed by atoms with Crippen molar-refractivity contribution in [1.29, 1.82) is 0 Å². The van der Waals surface area contributed by atoms with Gasteiger partial charge in [0.15, 0.2) is 5.78 Å². The van der Waals surface area contributed by atoms with E-state index in [1.807, 2.05) is 6.07 Å². The summed E-state index contributed by atoms with van der Waals surface area (Å²) >= 11 is 0. The van der Waals surface area contributed by atoms with Crippen LogP contribution in [0.5, 0.6) is 0 Å². The number of benzene rings is 1. The fraction of sp³-hybridized carbons (Fsp3) is 0.350. The van der Waals surface area contributed by atoms with Crippen molar-refractivity contribution < 1.29 is 9.59 Å². The number of carbonyl (C=O) groups is 2. The van der Waals surface area contributed by atoms with Crippen LogP contribution in [0.15, 0.2) is 42.6 Å². The summed E-state index contributed by atoms with van der Waals surface area (Å²) in [5.41, 5.74) is 2.58. The lowest BCUT2D eigenvalue weighted by atomic mass is 9.99. The quantitative estimate of drug-likeness (QED) is 0.863. The minimum Gasteiger partial charge on any atom is -0.370 e. The number of piperidine rings is 1. The van der Waals surface area contributed by atoms with E-state index in [1.54, 1.807) is 36.5 Å². The number of aromatic nitrogens is 1. The number of hydrogen-bond acceptors (Lipinski definition) is 4.